The number of hydrogen-bond donors (Lipinski definition) is 1. The minimum Gasteiger partial charge on any atom is -0.367 e. The number of hydrogen-bond acceptors (Lipinski definition) is 4. The third-order valence-electron chi connectivity index (χ3n) is 4.75. The van der Waals surface area contributed by atoms with Crippen LogP contribution in [0.4, 0.5) is 4.39 Å². The Balaban J connectivity index is 2.22. The summed E-state index contributed by atoms with van der Waals surface area (Å²) in [5.74, 6) is 0.383. The quantitative estimate of drug-likeness (QED) is 0.608. The van der Waals surface area contributed by atoms with Crippen molar-refractivity contribution in [2.24, 2.45) is 4.99 Å². The number of sulfone groups is 1. The van der Waals surface area contributed by atoms with E-state index >= 15 is 0 Å². The highest BCUT2D eigenvalue weighted by Crippen LogP contribution is 2.26. The Hall–Kier alpha value is -1.67. The Morgan fingerprint density at radius 1 is 1.33 bits per heavy atom. The first-order valence-corrected chi connectivity index (χ1v) is 11.1. The van der Waals surface area contributed by atoms with E-state index in [2.05, 4.69) is 15.2 Å². The second-order valence-electron chi connectivity index (χ2n) is 7.59. The molecule has 1 saturated heterocycles. The van der Waals surface area contributed by atoms with Gasteiger partial charge in [0.1, 0.15) is 11.9 Å². The molecule has 0 saturated carbocycles. The molecule has 1 heterocycles. The third kappa shape index (κ3) is 5.65. The summed E-state index contributed by atoms with van der Waals surface area (Å²) in [7, 11) is -3.23. The van der Waals surface area contributed by atoms with Crippen LogP contribution in [0.15, 0.2) is 29.3 Å². The van der Waals surface area contributed by atoms with Gasteiger partial charge in [-0.15, -0.1) is 0 Å². The van der Waals surface area contributed by atoms with Crippen LogP contribution in [0.2, 0.25) is 0 Å². The van der Waals surface area contributed by atoms with Gasteiger partial charge in [0.25, 0.3) is 0 Å². The Morgan fingerprint density at radius 3 is 2.52 bits per heavy atom. The predicted octanol–water partition coefficient (Wildman–Crippen LogP) is 2.38. The zero-order chi connectivity index (χ0) is 20.2. The van der Waals surface area contributed by atoms with E-state index in [0.717, 1.165) is 5.56 Å². The van der Waals surface area contributed by atoms with Gasteiger partial charge in [-0.25, -0.2) is 12.8 Å². The zero-order valence-electron chi connectivity index (χ0n) is 16.7. The van der Waals surface area contributed by atoms with Crippen molar-refractivity contribution in [3.63, 3.8) is 0 Å². The molecule has 2 rings (SSSR count). The van der Waals surface area contributed by atoms with Crippen molar-refractivity contribution in [1.82, 2.24) is 10.2 Å². The maximum absolute atomic E-state index is 13.2. The fraction of sp³-hybridized carbons (Fsp3) is 0.632. The molecule has 0 aromatic heterocycles. The molecule has 0 bridgehead atoms. The summed E-state index contributed by atoms with van der Waals surface area (Å²) in [6, 6.07) is 6.31. The number of nitrogens with one attached hydrogen (secondary N) is 1. The standard InChI is InChI=1S/C19H30FN3O3S/c1-6-21-18(22-13-19(3,4)27(5,24)25)23-11-14(2)26-17(12-23)15-7-9-16(20)10-8-15/h7-10,14,17H,6,11-13H2,1-5H3,(H,21,22). The number of morpholine rings is 1. The number of benzene rings is 1. The molecule has 1 fully saturated rings. The van der Waals surface area contributed by atoms with Crippen molar-refractivity contribution in [2.45, 2.75) is 44.6 Å². The Bertz CT molecular complexity index is 763. The van der Waals surface area contributed by atoms with Crippen LogP contribution in [0.5, 0.6) is 0 Å². The van der Waals surface area contributed by atoms with Crippen molar-refractivity contribution >= 4 is 15.8 Å². The van der Waals surface area contributed by atoms with Gasteiger partial charge in [-0.05, 0) is 45.4 Å². The van der Waals surface area contributed by atoms with Crippen LogP contribution in [0.1, 0.15) is 39.4 Å². The molecule has 8 heteroatoms. The van der Waals surface area contributed by atoms with Crippen LogP contribution in [0, 0.1) is 5.82 Å². The van der Waals surface area contributed by atoms with E-state index in [4.69, 9.17) is 4.74 Å². The first-order valence-electron chi connectivity index (χ1n) is 9.17. The molecule has 0 radical (unpaired) electrons. The summed E-state index contributed by atoms with van der Waals surface area (Å²) >= 11 is 0. The molecule has 1 N–H and O–H groups in total. The van der Waals surface area contributed by atoms with Crippen molar-refractivity contribution in [3.8, 4) is 0 Å². The number of aliphatic imine (C=N–C) groups is 1. The molecule has 1 aromatic rings. The van der Waals surface area contributed by atoms with Crippen LogP contribution >= 0.6 is 0 Å². The van der Waals surface area contributed by atoms with E-state index in [1.807, 2.05) is 13.8 Å². The average Bonchev–Trinajstić information content (AvgIpc) is 2.57. The van der Waals surface area contributed by atoms with Crippen LogP contribution in [-0.4, -0.2) is 62.6 Å². The molecule has 6 nitrogen and oxygen atoms in total. The lowest BCUT2D eigenvalue weighted by Gasteiger charge is -2.39. The van der Waals surface area contributed by atoms with Gasteiger partial charge in [0.05, 0.1) is 23.9 Å². The van der Waals surface area contributed by atoms with E-state index in [-0.39, 0.29) is 24.6 Å². The second-order valence-corrected chi connectivity index (χ2v) is 10.2. The Morgan fingerprint density at radius 2 is 1.96 bits per heavy atom. The topological polar surface area (TPSA) is 71.0 Å². The van der Waals surface area contributed by atoms with Gasteiger partial charge in [0.15, 0.2) is 15.8 Å². The van der Waals surface area contributed by atoms with Gasteiger partial charge in [-0.2, -0.15) is 0 Å². The van der Waals surface area contributed by atoms with Gasteiger partial charge >= 0.3 is 0 Å². The van der Waals surface area contributed by atoms with E-state index in [0.29, 0.717) is 25.6 Å². The highest BCUT2D eigenvalue weighted by Gasteiger charge is 2.32. The molecular weight excluding hydrogens is 369 g/mol. The summed E-state index contributed by atoms with van der Waals surface area (Å²) in [5, 5.41) is 3.24. The summed E-state index contributed by atoms with van der Waals surface area (Å²) in [6.45, 7) is 9.35. The van der Waals surface area contributed by atoms with Gasteiger partial charge in [-0.3, -0.25) is 4.99 Å². The molecule has 1 aliphatic rings. The second kappa shape index (κ2) is 8.56. The normalized spacial score (nSPS) is 22.0. The smallest absolute Gasteiger partial charge is 0.194 e. The lowest BCUT2D eigenvalue weighted by molar-refractivity contribution is -0.0605. The van der Waals surface area contributed by atoms with E-state index in [9.17, 15) is 12.8 Å². The molecule has 0 aliphatic carbocycles. The average molecular weight is 400 g/mol. The molecule has 1 aromatic carbocycles. The molecule has 2 unspecified atom stereocenters. The lowest BCUT2D eigenvalue weighted by Crippen LogP contribution is -2.51. The van der Waals surface area contributed by atoms with E-state index in [1.165, 1.54) is 18.4 Å². The summed E-state index contributed by atoms with van der Waals surface area (Å²) in [6.07, 6.45) is 0.985. The van der Waals surface area contributed by atoms with E-state index in [1.54, 1.807) is 26.0 Å². The molecule has 0 spiro atoms. The predicted molar refractivity (Wildman–Crippen MR) is 106 cm³/mol. The minimum absolute atomic E-state index is 0.0411. The van der Waals surface area contributed by atoms with Crippen molar-refractivity contribution in [3.05, 3.63) is 35.6 Å². The Labute approximate surface area is 161 Å². The highest BCUT2D eigenvalue weighted by atomic mass is 32.2. The number of ether oxygens (including phenoxy) is 1. The van der Waals surface area contributed by atoms with E-state index < -0.39 is 14.6 Å². The van der Waals surface area contributed by atoms with Crippen LogP contribution in [-0.2, 0) is 14.6 Å². The van der Waals surface area contributed by atoms with Gasteiger partial charge in [0, 0.05) is 19.3 Å². The van der Waals surface area contributed by atoms with Crippen LogP contribution < -0.4 is 5.32 Å². The number of guanidine groups is 1. The molecule has 152 valence electrons. The first-order chi connectivity index (χ1) is 12.5. The SMILES string of the molecule is CCNC(=NCC(C)(C)S(C)(=O)=O)N1CC(C)OC(c2ccc(F)cc2)C1. The summed E-state index contributed by atoms with van der Waals surface area (Å²) < 4.78 is 42.2. The van der Waals surface area contributed by atoms with Gasteiger partial charge in [0.2, 0.25) is 0 Å². The Kier molecular flexibility index (Phi) is 6.86. The van der Waals surface area contributed by atoms with Crippen molar-refractivity contribution in [2.75, 3.05) is 32.4 Å². The number of nitrogens with zero attached hydrogens (tertiary/aromatic N) is 2. The molecule has 1 aliphatic heterocycles. The lowest BCUT2D eigenvalue weighted by atomic mass is 10.1. The molecule has 27 heavy (non-hydrogen) atoms. The highest BCUT2D eigenvalue weighted by molar-refractivity contribution is 7.92. The number of rotatable bonds is 5. The van der Waals surface area contributed by atoms with Crippen molar-refractivity contribution in [1.29, 1.82) is 0 Å². The summed E-state index contributed by atoms with van der Waals surface area (Å²) in [5.41, 5.74) is 0.903. The van der Waals surface area contributed by atoms with Crippen LogP contribution in [0.25, 0.3) is 0 Å². The van der Waals surface area contributed by atoms with Gasteiger partial charge < -0.3 is 15.0 Å². The maximum atomic E-state index is 13.2. The fourth-order valence-corrected chi connectivity index (χ4v) is 3.09. The summed E-state index contributed by atoms with van der Waals surface area (Å²) in [4.78, 5) is 6.66. The maximum Gasteiger partial charge on any atom is 0.194 e. The van der Waals surface area contributed by atoms with Gasteiger partial charge in [-0.1, -0.05) is 12.1 Å². The van der Waals surface area contributed by atoms with Crippen LogP contribution in [0.3, 0.4) is 0 Å². The minimum atomic E-state index is -3.23. The van der Waals surface area contributed by atoms with Crippen molar-refractivity contribution < 1.29 is 17.5 Å². The third-order valence-corrected chi connectivity index (χ3v) is 6.89. The monoisotopic (exact) mass is 399 g/mol. The fourth-order valence-electron chi connectivity index (χ4n) is 2.79. The zero-order valence-corrected chi connectivity index (χ0v) is 17.5. The molecular formula is C19H30FN3O3S. The molecule has 2 atom stereocenters. The first kappa shape index (κ1) is 21.6. The molecule has 0 amide bonds. The largest absolute Gasteiger partial charge is 0.367 e. The number of halogens is 1.